The summed E-state index contributed by atoms with van der Waals surface area (Å²) in [6, 6.07) is 4.83. The number of hydrogen-bond donors (Lipinski definition) is 1. The summed E-state index contributed by atoms with van der Waals surface area (Å²) in [5, 5.41) is 9.01. The lowest BCUT2D eigenvalue weighted by molar-refractivity contribution is -0.142. The van der Waals surface area contributed by atoms with E-state index in [1.54, 1.807) is 25.1 Å². The Balaban J connectivity index is 2.30. The number of halogens is 1. The van der Waals surface area contributed by atoms with E-state index in [0.717, 1.165) is 4.90 Å². The Morgan fingerprint density at radius 2 is 1.95 bits per heavy atom. The van der Waals surface area contributed by atoms with Crippen LogP contribution in [-0.4, -0.2) is 34.3 Å². The number of nitrogens with zero attached hydrogens (tertiary/aromatic N) is 1. The molecule has 1 aromatic carbocycles. The van der Waals surface area contributed by atoms with Gasteiger partial charge < -0.3 is 5.11 Å². The highest BCUT2D eigenvalue weighted by atomic mass is 79.9. The summed E-state index contributed by atoms with van der Waals surface area (Å²) in [6.45, 7) is 1.63. The smallest absolute Gasteiger partial charge is 0.308 e. The van der Waals surface area contributed by atoms with Crippen molar-refractivity contribution in [1.82, 2.24) is 4.90 Å². The van der Waals surface area contributed by atoms with Gasteiger partial charge in [0.1, 0.15) is 0 Å². The molecule has 19 heavy (non-hydrogen) atoms. The lowest BCUT2D eigenvalue weighted by atomic mass is 10.1. The van der Waals surface area contributed by atoms with Gasteiger partial charge in [-0.15, -0.1) is 0 Å². The van der Waals surface area contributed by atoms with Crippen molar-refractivity contribution < 1.29 is 19.5 Å². The van der Waals surface area contributed by atoms with Gasteiger partial charge in [-0.2, -0.15) is 0 Å². The van der Waals surface area contributed by atoms with Crippen LogP contribution in [0.15, 0.2) is 22.7 Å². The molecule has 1 unspecified atom stereocenters. The van der Waals surface area contributed by atoms with Crippen molar-refractivity contribution in [1.29, 1.82) is 0 Å². The molecule has 0 saturated heterocycles. The van der Waals surface area contributed by atoms with E-state index in [9.17, 15) is 14.4 Å². The van der Waals surface area contributed by atoms with E-state index in [-0.39, 0.29) is 6.54 Å². The molecule has 0 aromatic heterocycles. The SMILES string of the molecule is CCC(CN1C(=O)c2ccc(Br)cc2C1=O)C(=O)O. The van der Waals surface area contributed by atoms with Crippen LogP contribution in [0.3, 0.4) is 0 Å². The van der Waals surface area contributed by atoms with E-state index in [2.05, 4.69) is 15.9 Å². The number of fused-ring (bicyclic) bond motifs is 1. The third-order valence-corrected chi connectivity index (χ3v) is 3.67. The number of carbonyl (C=O) groups excluding carboxylic acids is 2. The minimum atomic E-state index is -1.000. The van der Waals surface area contributed by atoms with E-state index in [4.69, 9.17) is 5.11 Å². The average Bonchev–Trinajstić information content (AvgIpc) is 2.59. The number of aliphatic carboxylic acids is 1. The summed E-state index contributed by atoms with van der Waals surface area (Å²) in [5.74, 6) is -2.58. The number of hydrogen-bond acceptors (Lipinski definition) is 3. The number of carbonyl (C=O) groups is 3. The summed E-state index contributed by atoms with van der Waals surface area (Å²) in [7, 11) is 0. The normalized spacial score (nSPS) is 15.6. The zero-order valence-corrected chi connectivity index (χ0v) is 11.8. The first-order valence-electron chi connectivity index (χ1n) is 5.84. The minimum Gasteiger partial charge on any atom is -0.481 e. The second-order valence-electron chi connectivity index (χ2n) is 4.35. The van der Waals surface area contributed by atoms with Crippen LogP contribution in [0.2, 0.25) is 0 Å². The van der Waals surface area contributed by atoms with Gasteiger partial charge in [-0.05, 0) is 24.6 Å². The van der Waals surface area contributed by atoms with Gasteiger partial charge in [0, 0.05) is 11.0 Å². The van der Waals surface area contributed by atoms with Crippen LogP contribution >= 0.6 is 15.9 Å². The fourth-order valence-electron chi connectivity index (χ4n) is 2.03. The topological polar surface area (TPSA) is 74.7 Å². The van der Waals surface area contributed by atoms with E-state index in [1.807, 2.05) is 0 Å². The Morgan fingerprint density at radius 3 is 2.53 bits per heavy atom. The van der Waals surface area contributed by atoms with Crippen LogP contribution in [0.25, 0.3) is 0 Å². The standard InChI is InChI=1S/C13H12BrNO4/c1-2-7(13(18)19)6-15-11(16)9-4-3-8(14)5-10(9)12(15)17/h3-5,7H,2,6H2,1H3,(H,18,19). The molecule has 100 valence electrons. The maximum absolute atomic E-state index is 12.1. The predicted molar refractivity (Wildman–Crippen MR) is 70.9 cm³/mol. The molecule has 6 heteroatoms. The molecular formula is C13H12BrNO4. The van der Waals surface area contributed by atoms with Gasteiger partial charge in [0.2, 0.25) is 0 Å². The largest absolute Gasteiger partial charge is 0.481 e. The number of rotatable bonds is 4. The maximum Gasteiger partial charge on any atom is 0.308 e. The third-order valence-electron chi connectivity index (χ3n) is 3.18. The molecule has 1 aromatic rings. The monoisotopic (exact) mass is 325 g/mol. The average molecular weight is 326 g/mol. The second kappa shape index (κ2) is 5.13. The second-order valence-corrected chi connectivity index (χ2v) is 5.27. The molecule has 1 aliphatic rings. The van der Waals surface area contributed by atoms with Gasteiger partial charge in [0.05, 0.1) is 17.0 Å². The van der Waals surface area contributed by atoms with Crippen molar-refractivity contribution in [2.75, 3.05) is 6.54 Å². The Kier molecular flexibility index (Phi) is 3.71. The van der Waals surface area contributed by atoms with Crippen molar-refractivity contribution >= 4 is 33.7 Å². The van der Waals surface area contributed by atoms with Crippen LogP contribution in [0.1, 0.15) is 34.1 Å². The van der Waals surface area contributed by atoms with Gasteiger partial charge in [0.25, 0.3) is 11.8 Å². The Bertz CT molecular complexity index is 570. The summed E-state index contributed by atoms with van der Waals surface area (Å²) >= 11 is 3.24. The molecule has 1 N–H and O–H groups in total. The number of amides is 2. The molecular weight excluding hydrogens is 314 g/mol. The number of carboxylic acid groups (broad SMARTS) is 1. The Labute approximate surface area is 118 Å². The molecule has 1 aliphatic heterocycles. The zero-order valence-electron chi connectivity index (χ0n) is 10.2. The number of benzene rings is 1. The van der Waals surface area contributed by atoms with Crippen molar-refractivity contribution in [2.24, 2.45) is 5.92 Å². The lowest BCUT2D eigenvalue weighted by Gasteiger charge is -2.18. The van der Waals surface area contributed by atoms with Crippen molar-refractivity contribution in [2.45, 2.75) is 13.3 Å². The molecule has 0 spiro atoms. The highest BCUT2D eigenvalue weighted by Crippen LogP contribution is 2.27. The first kappa shape index (κ1) is 13.7. The molecule has 2 amide bonds. The molecule has 0 saturated carbocycles. The highest BCUT2D eigenvalue weighted by molar-refractivity contribution is 9.10. The van der Waals surface area contributed by atoms with Gasteiger partial charge >= 0.3 is 5.97 Å². The molecule has 0 bridgehead atoms. The summed E-state index contributed by atoms with van der Waals surface area (Å²) in [5.41, 5.74) is 0.646. The first-order chi connectivity index (χ1) is 8.95. The fourth-order valence-corrected chi connectivity index (χ4v) is 2.39. The molecule has 2 rings (SSSR count). The van der Waals surface area contributed by atoms with Gasteiger partial charge in [-0.3, -0.25) is 19.3 Å². The fraction of sp³-hybridized carbons (Fsp3) is 0.308. The van der Waals surface area contributed by atoms with E-state index >= 15 is 0 Å². The summed E-state index contributed by atoms with van der Waals surface area (Å²) in [6.07, 6.45) is 0.367. The van der Waals surface area contributed by atoms with Crippen molar-refractivity contribution in [3.05, 3.63) is 33.8 Å². The van der Waals surface area contributed by atoms with Crippen LogP contribution in [-0.2, 0) is 4.79 Å². The molecule has 1 atom stereocenters. The molecule has 1 heterocycles. The summed E-state index contributed by atoms with van der Waals surface area (Å²) < 4.78 is 0.708. The van der Waals surface area contributed by atoms with Crippen LogP contribution in [0, 0.1) is 5.92 Å². The van der Waals surface area contributed by atoms with Crippen LogP contribution < -0.4 is 0 Å². The van der Waals surface area contributed by atoms with E-state index in [1.165, 1.54) is 0 Å². The number of carboxylic acids is 1. The highest BCUT2D eigenvalue weighted by Gasteiger charge is 2.37. The summed E-state index contributed by atoms with van der Waals surface area (Å²) in [4.78, 5) is 36.2. The lowest BCUT2D eigenvalue weighted by Crippen LogP contribution is -2.37. The van der Waals surface area contributed by atoms with Gasteiger partial charge in [0.15, 0.2) is 0 Å². The van der Waals surface area contributed by atoms with Crippen molar-refractivity contribution in [3.8, 4) is 0 Å². The zero-order chi connectivity index (χ0) is 14.2. The Hall–Kier alpha value is -1.69. The van der Waals surface area contributed by atoms with E-state index < -0.39 is 23.7 Å². The van der Waals surface area contributed by atoms with Gasteiger partial charge in [-0.25, -0.2) is 0 Å². The van der Waals surface area contributed by atoms with Crippen molar-refractivity contribution in [3.63, 3.8) is 0 Å². The van der Waals surface area contributed by atoms with E-state index in [0.29, 0.717) is 22.0 Å². The first-order valence-corrected chi connectivity index (χ1v) is 6.63. The molecule has 5 nitrogen and oxygen atoms in total. The predicted octanol–water partition coefficient (Wildman–Crippen LogP) is 2.16. The quantitative estimate of drug-likeness (QED) is 0.861. The molecule has 0 radical (unpaired) electrons. The van der Waals surface area contributed by atoms with Crippen LogP contribution in [0.4, 0.5) is 0 Å². The third kappa shape index (κ3) is 2.40. The molecule has 0 fully saturated rings. The maximum atomic E-state index is 12.1. The van der Waals surface area contributed by atoms with Gasteiger partial charge in [-0.1, -0.05) is 22.9 Å². The number of imide groups is 1. The Morgan fingerprint density at radius 1 is 1.32 bits per heavy atom. The van der Waals surface area contributed by atoms with Crippen LogP contribution in [0.5, 0.6) is 0 Å². The minimum absolute atomic E-state index is 0.0875. The molecule has 0 aliphatic carbocycles.